The largest absolute Gasteiger partial charge is 0.489 e. The molecule has 0 spiro atoms. The third-order valence-electron chi connectivity index (χ3n) is 3.29. The van der Waals surface area contributed by atoms with Crippen LogP contribution in [0.3, 0.4) is 0 Å². The first-order valence-electron chi connectivity index (χ1n) is 6.80. The molecular weight excluding hydrogens is 230 g/mol. The summed E-state index contributed by atoms with van der Waals surface area (Å²) in [4.78, 5) is 0. The van der Waals surface area contributed by atoms with E-state index in [0.717, 1.165) is 31.9 Å². The van der Waals surface area contributed by atoms with Crippen molar-refractivity contribution in [2.24, 2.45) is 0 Å². The molecule has 2 atom stereocenters. The summed E-state index contributed by atoms with van der Waals surface area (Å²) in [6.45, 7) is 7.50. The lowest BCUT2D eigenvalue weighted by molar-refractivity contribution is 0.0824. The molecule has 0 aromatic carbocycles. The van der Waals surface area contributed by atoms with Crippen LogP contribution < -0.4 is 10.1 Å². The van der Waals surface area contributed by atoms with Crippen molar-refractivity contribution in [3.8, 4) is 5.75 Å². The van der Waals surface area contributed by atoms with E-state index in [4.69, 9.17) is 9.47 Å². The Labute approximate surface area is 108 Å². The van der Waals surface area contributed by atoms with Crippen molar-refractivity contribution in [3.63, 3.8) is 0 Å². The second-order valence-electron chi connectivity index (χ2n) is 4.67. The fraction of sp³-hybridized carbons (Fsp3) is 0.769. The molecule has 102 valence electrons. The van der Waals surface area contributed by atoms with Crippen molar-refractivity contribution in [1.29, 1.82) is 0 Å². The van der Waals surface area contributed by atoms with Crippen LogP contribution in [0.2, 0.25) is 0 Å². The van der Waals surface area contributed by atoms with Gasteiger partial charge in [0.25, 0.3) is 0 Å². The topological polar surface area (TPSA) is 48.3 Å². The Kier molecular flexibility index (Phi) is 5.01. The van der Waals surface area contributed by atoms with E-state index in [1.54, 1.807) is 6.20 Å². The van der Waals surface area contributed by atoms with Gasteiger partial charge in [-0.05, 0) is 26.7 Å². The minimum atomic E-state index is 0.368. The summed E-state index contributed by atoms with van der Waals surface area (Å²) in [7, 11) is 0. The van der Waals surface area contributed by atoms with Crippen LogP contribution in [0.25, 0.3) is 0 Å². The van der Waals surface area contributed by atoms with E-state index in [1.165, 1.54) is 6.42 Å². The van der Waals surface area contributed by atoms with Gasteiger partial charge in [0.15, 0.2) is 5.75 Å². The molecule has 1 aromatic heterocycles. The highest BCUT2D eigenvalue weighted by Crippen LogP contribution is 2.15. The van der Waals surface area contributed by atoms with Crippen LogP contribution >= 0.6 is 0 Å². The van der Waals surface area contributed by atoms with Gasteiger partial charge in [-0.25, -0.2) is 0 Å². The molecule has 1 saturated heterocycles. The molecule has 1 aliphatic heterocycles. The average Bonchev–Trinajstić information content (AvgIpc) is 3.05. The van der Waals surface area contributed by atoms with Gasteiger partial charge < -0.3 is 14.8 Å². The predicted octanol–water partition coefficient (Wildman–Crippen LogP) is 1.44. The molecule has 2 rings (SSSR count). The van der Waals surface area contributed by atoms with E-state index in [9.17, 15) is 0 Å². The molecule has 1 N–H and O–H groups in total. The summed E-state index contributed by atoms with van der Waals surface area (Å²) >= 11 is 0. The van der Waals surface area contributed by atoms with Crippen LogP contribution in [0.4, 0.5) is 0 Å². The molecule has 5 nitrogen and oxygen atoms in total. The summed E-state index contributed by atoms with van der Waals surface area (Å²) in [6.07, 6.45) is 6.39. The Bertz CT molecular complexity index is 348. The molecule has 1 aliphatic rings. The van der Waals surface area contributed by atoms with Crippen LogP contribution in [0.15, 0.2) is 12.4 Å². The number of aryl methyl sites for hydroxylation is 1. The number of hydrogen-bond donors (Lipinski definition) is 1. The van der Waals surface area contributed by atoms with Gasteiger partial charge in [-0.15, -0.1) is 0 Å². The second-order valence-corrected chi connectivity index (χ2v) is 4.67. The Balaban J connectivity index is 1.60. The minimum Gasteiger partial charge on any atom is -0.489 e. The SMILES string of the molecule is CCn1cc(OCCNC(C)C2CCCO2)cn1. The fourth-order valence-corrected chi connectivity index (χ4v) is 2.18. The quantitative estimate of drug-likeness (QED) is 0.747. The molecule has 0 amide bonds. The highest BCUT2D eigenvalue weighted by molar-refractivity contribution is 5.11. The van der Waals surface area contributed by atoms with Gasteiger partial charge in [0.2, 0.25) is 0 Å². The van der Waals surface area contributed by atoms with Crippen LogP contribution in [0.5, 0.6) is 5.75 Å². The Hall–Kier alpha value is -1.07. The first-order valence-corrected chi connectivity index (χ1v) is 6.80. The Morgan fingerprint density at radius 1 is 1.67 bits per heavy atom. The van der Waals surface area contributed by atoms with Crippen molar-refractivity contribution in [3.05, 3.63) is 12.4 Å². The van der Waals surface area contributed by atoms with Gasteiger partial charge in [-0.1, -0.05) is 0 Å². The van der Waals surface area contributed by atoms with Crippen molar-refractivity contribution >= 4 is 0 Å². The van der Waals surface area contributed by atoms with E-state index in [0.29, 0.717) is 18.8 Å². The van der Waals surface area contributed by atoms with Crippen molar-refractivity contribution in [2.75, 3.05) is 19.8 Å². The molecular formula is C13H23N3O2. The monoisotopic (exact) mass is 253 g/mol. The number of nitrogens with zero attached hydrogens (tertiary/aromatic N) is 2. The molecule has 0 saturated carbocycles. The van der Waals surface area contributed by atoms with E-state index in [-0.39, 0.29) is 0 Å². The van der Waals surface area contributed by atoms with Gasteiger partial charge >= 0.3 is 0 Å². The summed E-state index contributed by atoms with van der Waals surface area (Å²) in [5.41, 5.74) is 0. The summed E-state index contributed by atoms with van der Waals surface area (Å²) in [5.74, 6) is 0.836. The molecule has 0 radical (unpaired) electrons. The number of nitrogens with one attached hydrogen (secondary N) is 1. The maximum atomic E-state index is 5.63. The fourth-order valence-electron chi connectivity index (χ4n) is 2.18. The molecule has 0 aliphatic carbocycles. The molecule has 2 heterocycles. The number of aromatic nitrogens is 2. The molecule has 0 bridgehead atoms. The van der Waals surface area contributed by atoms with Crippen LogP contribution in [-0.2, 0) is 11.3 Å². The minimum absolute atomic E-state index is 0.368. The summed E-state index contributed by atoms with van der Waals surface area (Å²) in [5, 5.41) is 7.60. The van der Waals surface area contributed by atoms with Gasteiger partial charge in [0.1, 0.15) is 6.61 Å². The van der Waals surface area contributed by atoms with E-state index >= 15 is 0 Å². The molecule has 5 heteroatoms. The number of ether oxygens (including phenoxy) is 2. The highest BCUT2D eigenvalue weighted by Gasteiger charge is 2.21. The Morgan fingerprint density at radius 3 is 3.22 bits per heavy atom. The zero-order valence-electron chi connectivity index (χ0n) is 11.3. The van der Waals surface area contributed by atoms with E-state index in [2.05, 4.69) is 24.3 Å². The maximum Gasteiger partial charge on any atom is 0.157 e. The lowest BCUT2D eigenvalue weighted by Crippen LogP contribution is -2.39. The zero-order valence-corrected chi connectivity index (χ0v) is 11.3. The van der Waals surface area contributed by atoms with E-state index < -0.39 is 0 Å². The average molecular weight is 253 g/mol. The lowest BCUT2D eigenvalue weighted by Gasteiger charge is -2.19. The van der Waals surface area contributed by atoms with Crippen molar-refractivity contribution in [1.82, 2.24) is 15.1 Å². The van der Waals surface area contributed by atoms with Crippen molar-refractivity contribution in [2.45, 2.75) is 45.4 Å². The standard InChI is InChI=1S/C13H23N3O2/c1-3-16-10-12(9-15-16)17-8-6-14-11(2)13-5-4-7-18-13/h9-11,13-14H,3-8H2,1-2H3. The first-order chi connectivity index (χ1) is 8.79. The lowest BCUT2D eigenvalue weighted by atomic mass is 10.1. The van der Waals surface area contributed by atoms with Crippen LogP contribution in [0.1, 0.15) is 26.7 Å². The Morgan fingerprint density at radius 2 is 2.56 bits per heavy atom. The van der Waals surface area contributed by atoms with Gasteiger partial charge in [0, 0.05) is 25.7 Å². The molecule has 18 heavy (non-hydrogen) atoms. The van der Waals surface area contributed by atoms with Crippen LogP contribution in [0, 0.1) is 0 Å². The third-order valence-corrected chi connectivity index (χ3v) is 3.29. The summed E-state index contributed by atoms with van der Waals surface area (Å²) in [6, 6.07) is 0.398. The maximum absolute atomic E-state index is 5.63. The predicted molar refractivity (Wildman–Crippen MR) is 69.8 cm³/mol. The highest BCUT2D eigenvalue weighted by atomic mass is 16.5. The first kappa shape index (κ1) is 13.4. The second kappa shape index (κ2) is 6.75. The number of hydrogen-bond acceptors (Lipinski definition) is 4. The third kappa shape index (κ3) is 3.71. The van der Waals surface area contributed by atoms with E-state index in [1.807, 2.05) is 10.9 Å². The van der Waals surface area contributed by atoms with Gasteiger partial charge in [-0.2, -0.15) is 5.10 Å². The molecule has 1 fully saturated rings. The van der Waals surface area contributed by atoms with Crippen LogP contribution in [-0.4, -0.2) is 41.7 Å². The smallest absolute Gasteiger partial charge is 0.157 e. The van der Waals surface area contributed by atoms with Gasteiger partial charge in [-0.3, -0.25) is 4.68 Å². The molecule has 1 aromatic rings. The molecule has 2 unspecified atom stereocenters. The van der Waals surface area contributed by atoms with Gasteiger partial charge in [0.05, 0.1) is 18.5 Å². The van der Waals surface area contributed by atoms with Crippen molar-refractivity contribution < 1.29 is 9.47 Å². The summed E-state index contributed by atoms with van der Waals surface area (Å²) < 4.78 is 13.1. The normalized spacial score (nSPS) is 21.1. The zero-order chi connectivity index (χ0) is 12.8. The number of rotatable bonds is 7.